The molecule has 0 saturated heterocycles. The maximum absolute atomic E-state index is 13.5. The third-order valence-corrected chi connectivity index (χ3v) is 7.09. The highest BCUT2D eigenvalue weighted by molar-refractivity contribution is 5.92. The van der Waals surface area contributed by atoms with Gasteiger partial charge in [-0.15, -0.1) is 0 Å². The van der Waals surface area contributed by atoms with E-state index < -0.39 is 17.7 Å². The van der Waals surface area contributed by atoms with Crippen LogP contribution in [0.4, 0.5) is 0 Å². The fourth-order valence-electron chi connectivity index (χ4n) is 4.56. The molecule has 0 heterocycles. The Balaban J connectivity index is 1.91. The first kappa shape index (κ1) is 31.4. The van der Waals surface area contributed by atoms with Crippen molar-refractivity contribution in [3.05, 3.63) is 48.0 Å². The largest absolute Gasteiger partial charge is 0.469 e. The van der Waals surface area contributed by atoms with E-state index in [-0.39, 0.29) is 5.97 Å². The van der Waals surface area contributed by atoms with Gasteiger partial charge < -0.3 is 14.2 Å². The standard InChI is InChI=1S/C33H46O5/c1-5-6-7-14-22-28(23-15-12-10-8-9-11-13-16-26-31(34)36-3)38-32(35)33(2,37-4)30-25-19-21-27-20-17-18-24-29(27)30/h17-21,24-25,28H,5-13,15-16,23,26H2,1-4H3/t28-,33+/m0/s1. The number of benzene rings is 2. The molecule has 0 aliphatic rings. The highest BCUT2D eigenvalue weighted by Crippen LogP contribution is 2.33. The Hall–Kier alpha value is -2.84. The van der Waals surface area contributed by atoms with Crippen LogP contribution in [0.3, 0.4) is 0 Å². The lowest BCUT2D eigenvalue weighted by atomic mass is 9.90. The highest BCUT2D eigenvalue weighted by Gasteiger charge is 2.39. The van der Waals surface area contributed by atoms with Crippen LogP contribution in [0, 0.1) is 11.8 Å². The molecule has 5 heteroatoms. The van der Waals surface area contributed by atoms with Crippen molar-refractivity contribution in [2.45, 2.75) is 109 Å². The summed E-state index contributed by atoms with van der Waals surface area (Å²) in [7, 11) is 2.99. The normalized spacial score (nSPS) is 13.3. The predicted molar refractivity (Wildman–Crippen MR) is 154 cm³/mol. The Morgan fingerprint density at radius 2 is 1.53 bits per heavy atom. The van der Waals surface area contributed by atoms with E-state index in [1.807, 2.05) is 42.5 Å². The van der Waals surface area contributed by atoms with Gasteiger partial charge in [-0.1, -0.05) is 106 Å². The molecule has 5 nitrogen and oxygen atoms in total. The van der Waals surface area contributed by atoms with E-state index in [9.17, 15) is 9.59 Å². The summed E-state index contributed by atoms with van der Waals surface area (Å²) in [6.07, 6.45) is 12.4. The Bertz CT molecular complexity index is 1040. The zero-order valence-electron chi connectivity index (χ0n) is 23.9. The molecule has 2 atom stereocenters. The van der Waals surface area contributed by atoms with Crippen LogP contribution >= 0.6 is 0 Å². The second-order valence-corrected chi connectivity index (χ2v) is 10.0. The molecule has 0 aromatic heterocycles. The lowest BCUT2D eigenvalue weighted by Crippen LogP contribution is -2.38. The van der Waals surface area contributed by atoms with E-state index in [0.29, 0.717) is 6.42 Å². The minimum Gasteiger partial charge on any atom is -0.469 e. The van der Waals surface area contributed by atoms with E-state index >= 15 is 0 Å². The maximum Gasteiger partial charge on any atom is 0.344 e. The van der Waals surface area contributed by atoms with Gasteiger partial charge in [-0.05, 0) is 43.4 Å². The predicted octanol–water partition coefficient (Wildman–Crippen LogP) is 7.88. The average molecular weight is 523 g/mol. The van der Waals surface area contributed by atoms with Crippen LogP contribution < -0.4 is 0 Å². The maximum atomic E-state index is 13.5. The van der Waals surface area contributed by atoms with E-state index in [0.717, 1.165) is 80.5 Å². The van der Waals surface area contributed by atoms with Gasteiger partial charge in [-0.25, -0.2) is 4.79 Å². The first-order valence-corrected chi connectivity index (χ1v) is 14.3. The van der Waals surface area contributed by atoms with Gasteiger partial charge in [0.15, 0.2) is 11.7 Å². The molecule has 208 valence electrons. The van der Waals surface area contributed by atoms with Crippen LogP contribution in [0.25, 0.3) is 10.8 Å². The number of hydrogen-bond donors (Lipinski definition) is 0. The summed E-state index contributed by atoms with van der Waals surface area (Å²) in [4.78, 5) is 24.7. The monoisotopic (exact) mass is 522 g/mol. The number of hydrogen-bond acceptors (Lipinski definition) is 5. The molecule has 0 radical (unpaired) electrons. The summed E-state index contributed by atoms with van der Waals surface area (Å²) >= 11 is 0. The van der Waals surface area contributed by atoms with Crippen LogP contribution in [0.2, 0.25) is 0 Å². The summed E-state index contributed by atoms with van der Waals surface area (Å²) in [6, 6.07) is 13.9. The SMILES string of the molecule is CCCCC#C[C@@H](CCCCCCCCCCC(=O)OC)OC(=O)[C@](C)(OC)c1cccc2ccccc12. The van der Waals surface area contributed by atoms with E-state index in [1.54, 1.807) is 14.0 Å². The van der Waals surface area contributed by atoms with Crippen molar-refractivity contribution in [2.75, 3.05) is 14.2 Å². The molecule has 0 fully saturated rings. The minimum absolute atomic E-state index is 0.124. The zero-order chi connectivity index (χ0) is 27.6. The van der Waals surface area contributed by atoms with Gasteiger partial charge in [0.1, 0.15) is 0 Å². The first-order chi connectivity index (χ1) is 18.5. The molecule has 0 aliphatic carbocycles. The Kier molecular flexibility index (Phi) is 14.6. The lowest BCUT2D eigenvalue weighted by molar-refractivity contribution is -0.171. The third-order valence-electron chi connectivity index (χ3n) is 7.09. The molecular formula is C33H46O5. The highest BCUT2D eigenvalue weighted by atomic mass is 16.6. The van der Waals surface area contributed by atoms with Crippen molar-refractivity contribution in [2.24, 2.45) is 0 Å². The summed E-state index contributed by atoms with van der Waals surface area (Å²) < 4.78 is 16.5. The van der Waals surface area contributed by atoms with Gasteiger partial charge in [-0.3, -0.25) is 4.79 Å². The number of esters is 2. The Morgan fingerprint density at radius 1 is 0.868 bits per heavy atom. The molecule has 0 bridgehead atoms. The first-order valence-electron chi connectivity index (χ1n) is 14.3. The molecule has 0 aliphatic heterocycles. The Labute approximate surface area is 229 Å². The van der Waals surface area contributed by atoms with Crippen molar-refractivity contribution >= 4 is 22.7 Å². The van der Waals surface area contributed by atoms with Crippen molar-refractivity contribution in [1.29, 1.82) is 0 Å². The smallest absolute Gasteiger partial charge is 0.344 e. The van der Waals surface area contributed by atoms with Gasteiger partial charge in [0.2, 0.25) is 0 Å². The van der Waals surface area contributed by atoms with Crippen LogP contribution in [-0.4, -0.2) is 32.3 Å². The van der Waals surface area contributed by atoms with Crippen molar-refractivity contribution in [1.82, 2.24) is 0 Å². The van der Waals surface area contributed by atoms with Gasteiger partial charge in [-0.2, -0.15) is 0 Å². The van der Waals surface area contributed by atoms with Crippen molar-refractivity contribution < 1.29 is 23.8 Å². The summed E-state index contributed by atoms with van der Waals surface area (Å²) in [5.74, 6) is 5.92. The average Bonchev–Trinajstić information content (AvgIpc) is 2.94. The number of methoxy groups -OCH3 is 2. The molecule has 0 spiro atoms. The number of rotatable bonds is 17. The second kappa shape index (κ2) is 17.6. The van der Waals surface area contributed by atoms with Crippen LogP contribution in [0.1, 0.15) is 103 Å². The fraction of sp³-hybridized carbons (Fsp3) is 0.576. The van der Waals surface area contributed by atoms with E-state index in [4.69, 9.17) is 9.47 Å². The van der Waals surface area contributed by atoms with Crippen molar-refractivity contribution in [3.8, 4) is 11.8 Å². The zero-order valence-corrected chi connectivity index (χ0v) is 23.9. The number of carbonyl (C=O) groups is 2. The third kappa shape index (κ3) is 10.1. The molecule has 0 amide bonds. The fourth-order valence-corrected chi connectivity index (χ4v) is 4.56. The van der Waals surface area contributed by atoms with Crippen LogP contribution in [-0.2, 0) is 29.4 Å². The molecule has 0 saturated carbocycles. The molecule has 38 heavy (non-hydrogen) atoms. The van der Waals surface area contributed by atoms with Crippen molar-refractivity contribution in [3.63, 3.8) is 0 Å². The number of fused-ring (bicyclic) bond motifs is 1. The minimum atomic E-state index is -1.22. The summed E-state index contributed by atoms with van der Waals surface area (Å²) in [6.45, 7) is 3.93. The van der Waals surface area contributed by atoms with Gasteiger partial charge in [0.25, 0.3) is 0 Å². The molecule has 0 N–H and O–H groups in total. The number of unbranched alkanes of at least 4 members (excludes halogenated alkanes) is 9. The summed E-state index contributed by atoms with van der Waals surface area (Å²) in [5.41, 5.74) is -0.426. The topological polar surface area (TPSA) is 61.8 Å². The molecule has 2 aromatic rings. The number of carbonyl (C=O) groups excluding carboxylic acids is 2. The van der Waals surface area contributed by atoms with Gasteiger partial charge in [0, 0.05) is 25.5 Å². The quantitative estimate of drug-likeness (QED) is 0.120. The van der Waals surface area contributed by atoms with Gasteiger partial charge >= 0.3 is 11.9 Å². The second-order valence-electron chi connectivity index (χ2n) is 10.0. The van der Waals surface area contributed by atoms with Crippen LogP contribution in [0.15, 0.2) is 42.5 Å². The number of ether oxygens (including phenoxy) is 3. The molecule has 0 unspecified atom stereocenters. The van der Waals surface area contributed by atoms with E-state index in [1.165, 1.54) is 20.0 Å². The molecule has 2 aromatic carbocycles. The Morgan fingerprint density at radius 3 is 2.21 bits per heavy atom. The van der Waals surface area contributed by atoms with Gasteiger partial charge in [0.05, 0.1) is 7.11 Å². The van der Waals surface area contributed by atoms with E-state index in [2.05, 4.69) is 23.5 Å². The molecular weight excluding hydrogens is 476 g/mol. The summed E-state index contributed by atoms with van der Waals surface area (Å²) in [5, 5.41) is 2.03. The van der Waals surface area contributed by atoms with Crippen LogP contribution in [0.5, 0.6) is 0 Å². The lowest BCUT2D eigenvalue weighted by Gasteiger charge is -2.29. The molecule has 2 rings (SSSR count).